The molecule has 2 amide bonds. The number of oxazole rings is 1. The van der Waals surface area contributed by atoms with Crippen LogP contribution in [0.25, 0.3) is 28.2 Å². The van der Waals surface area contributed by atoms with E-state index in [1.165, 1.54) is 4.68 Å². The summed E-state index contributed by atoms with van der Waals surface area (Å²) in [5.41, 5.74) is 3.83. The van der Waals surface area contributed by atoms with Gasteiger partial charge in [-0.3, -0.25) is 14.4 Å². The lowest BCUT2D eigenvalue weighted by atomic mass is 10.0. The predicted molar refractivity (Wildman–Crippen MR) is 159 cm³/mol. The van der Waals surface area contributed by atoms with Gasteiger partial charge in [0.2, 0.25) is 11.7 Å². The second kappa shape index (κ2) is 12.3. The van der Waals surface area contributed by atoms with Crippen LogP contribution < -0.4 is 10.6 Å². The normalized spacial score (nSPS) is 11.6. The third-order valence-corrected chi connectivity index (χ3v) is 6.77. The minimum absolute atomic E-state index is 0.0823. The fourth-order valence-electron chi connectivity index (χ4n) is 4.65. The summed E-state index contributed by atoms with van der Waals surface area (Å²) < 4.78 is 7.15. The Balaban J connectivity index is 1.21. The minimum atomic E-state index is -1.15. The molecule has 0 spiro atoms. The van der Waals surface area contributed by atoms with Crippen LogP contribution >= 0.6 is 0 Å². The number of fused-ring (bicyclic) bond motifs is 1. The van der Waals surface area contributed by atoms with Crippen molar-refractivity contribution in [1.29, 1.82) is 0 Å². The highest BCUT2D eigenvalue weighted by molar-refractivity contribution is 6.38. The van der Waals surface area contributed by atoms with E-state index in [0.717, 1.165) is 11.1 Å². The number of benzene rings is 3. The van der Waals surface area contributed by atoms with E-state index in [0.29, 0.717) is 16.8 Å². The second-order valence-electron chi connectivity index (χ2n) is 9.72. The quantitative estimate of drug-likeness (QED) is 0.235. The molecule has 0 aliphatic carbocycles. The summed E-state index contributed by atoms with van der Waals surface area (Å²) in [6, 6.07) is 29.9. The third-order valence-electron chi connectivity index (χ3n) is 6.77. The Morgan fingerprint density at radius 1 is 0.837 bits per heavy atom. The number of para-hydroxylation sites is 2. The fourth-order valence-corrected chi connectivity index (χ4v) is 4.65. The molecular weight excluding hydrogens is 544 g/mol. The zero-order chi connectivity index (χ0) is 29.6. The van der Waals surface area contributed by atoms with Gasteiger partial charge in [-0.2, -0.15) is 5.10 Å². The molecule has 10 heteroatoms. The summed E-state index contributed by atoms with van der Waals surface area (Å²) in [5, 5.41) is 9.93. The molecule has 6 aromatic rings. The summed E-state index contributed by atoms with van der Waals surface area (Å²) in [7, 11) is 0. The van der Waals surface area contributed by atoms with Crippen LogP contribution in [0, 0.1) is 0 Å². The number of ketones is 1. The number of aromatic nitrogens is 4. The molecule has 212 valence electrons. The molecule has 0 fully saturated rings. The number of rotatable bonds is 10. The molecule has 0 saturated heterocycles. The Morgan fingerprint density at radius 2 is 1.58 bits per heavy atom. The average Bonchev–Trinajstić information content (AvgIpc) is 3.71. The third kappa shape index (κ3) is 6.23. The summed E-state index contributed by atoms with van der Waals surface area (Å²) in [5.74, 6) is -1.69. The van der Waals surface area contributed by atoms with E-state index in [2.05, 4.69) is 25.7 Å². The molecule has 10 nitrogen and oxygen atoms in total. The van der Waals surface area contributed by atoms with Crippen LogP contribution in [0.4, 0.5) is 0 Å². The molecule has 43 heavy (non-hydrogen) atoms. The molecule has 1 atom stereocenters. The number of hydrogen-bond donors (Lipinski definition) is 2. The number of nitrogens with one attached hydrogen (secondary N) is 2. The summed E-state index contributed by atoms with van der Waals surface area (Å²) in [4.78, 5) is 48.7. The molecule has 0 radical (unpaired) electrons. The van der Waals surface area contributed by atoms with Crippen LogP contribution in [-0.4, -0.2) is 43.4 Å². The van der Waals surface area contributed by atoms with E-state index >= 15 is 0 Å². The van der Waals surface area contributed by atoms with Crippen LogP contribution in [0.1, 0.15) is 21.8 Å². The molecule has 0 saturated carbocycles. The zero-order valence-electron chi connectivity index (χ0n) is 22.9. The van der Waals surface area contributed by atoms with Crippen molar-refractivity contribution in [3.63, 3.8) is 0 Å². The van der Waals surface area contributed by atoms with E-state index in [1.807, 2.05) is 78.9 Å². The predicted octanol–water partition coefficient (Wildman–Crippen LogP) is 4.30. The molecule has 0 bridgehead atoms. The minimum Gasteiger partial charge on any atom is -0.439 e. The van der Waals surface area contributed by atoms with E-state index in [9.17, 15) is 14.4 Å². The van der Waals surface area contributed by atoms with Crippen LogP contribution in [-0.2, 0) is 22.6 Å². The van der Waals surface area contributed by atoms with Gasteiger partial charge in [0.1, 0.15) is 11.6 Å². The molecule has 3 aromatic carbocycles. The van der Waals surface area contributed by atoms with Gasteiger partial charge in [0.25, 0.3) is 11.8 Å². The van der Waals surface area contributed by atoms with E-state index in [1.54, 1.807) is 36.7 Å². The number of amides is 2. The summed E-state index contributed by atoms with van der Waals surface area (Å²) >= 11 is 0. The zero-order valence-corrected chi connectivity index (χ0v) is 22.9. The van der Waals surface area contributed by atoms with Gasteiger partial charge in [-0.25, -0.2) is 14.6 Å². The van der Waals surface area contributed by atoms with Crippen molar-refractivity contribution in [1.82, 2.24) is 30.4 Å². The highest BCUT2D eigenvalue weighted by atomic mass is 16.3. The highest BCUT2D eigenvalue weighted by Gasteiger charge is 2.29. The van der Waals surface area contributed by atoms with Crippen molar-refractivity contribution in [3.8, 4) is 17.1 Å². The van der Waals surface area contributed by atoms with Crippen molar-refractivity contribution < 1.29 is 18.8 Å². The summed E-state index contributed by atoms with van der Waals surface area (Å²) in [6.45, 7) is -0.0823. The van der Waals surface area contributed by atoms with Gasteiger partial charge in [0, 0.05) is 24.4 Å². The number of pyridine rings is 1. The van der Waals surface area contributed by atoms with Crippen molar-refractivity contribution in [2.75, 3.05) is 0 Å². The first kappa shape index (κ1) is 27.3. The topological polar surface area (TPSA) is 132 Å². The fraction of sp³-hybridized carbons (Fsp3) is 0.0909. The van der Waals surface area contributed by atoms with E-state index in [-0.39, 0.29) is 30.2 Å². The first-order valence-electron chi connectivity index (χ1n) is 13.6. The largest absolute Gasteiger partial charge is 0.439 e. The lowest BCUT2D eigenvalue weighted by Gasteiger charge is -2.18. The number of carbonyl (C=O) groups is 3. The van der Waals surface area contributed by atoms with Gasteiger partial charge in [0.15, 0.2) is 11.4 Å². The number of carbonyl (C=O) groups excluding carboxylic acids is 3. The Morgan fingerprint density at radius 3 is 2.37 bits per heavy atom. The second-order valence-corrected chi connectivity index (χ2v) is 9.72. The maximum absolute atomic E-state index is 13.6. The van der Waals surface area contributed by atoms with Gasteiger partial charge in [-0.1, -0.05) is 72.8 Å². The van der Waals surface area contributed by atoms with Crippen molar-refractivity contribution >= 4 is 28.7 Å². The molecule has 1 unspecified atom stereocenters. The highest BCUT2D eigenvalue weighted by Crippen LogP contribution is 2.19. The monoisotopic (exact) mass is 570 g/mol. The number of Topliss-reactive ketones (excluding diaryl/α,β-unsaturated/α-hetero) is 1. The molecular formula is C33H26N6O4. The van der Waals surface area contributed by atoms with Crippen molar-refractivity contribution in [3.05, 3.63) is 133 Å². The Bertz CT molecular complexity index is 1870. The molecule has 3 heterocycles. The van der Waals surface area contributed by atoms with Crippen LogP contribution in [0.15, 0.2) is 120 Å². The van der Waals surface area contributed by atoms with Crippen LogP contribution in [0.3, 0.4) is 0 Å². The van der Waals surface area contributed by atoms with Gasteiger partial charge in [-0.05, 0) is 35.9 Å². The first-order valence-corrected chi connectivity index (χ1v) is 13.6. The smallest absolute Gasteiger partial charge is 0.290 e. The average molecular weight is 571 g/mol. The Kier molecular flexibility index (Phi) is 7.81. The molecule has 2 N–H and O–H groups in total. The van der Waals surface area contributed by atoms with Gasteiger partial charge in [-0.15, -0.1) is 0 Å². The lowest BCUT2D eigenvalue weighted by Crippen LogP contribution is -2.48. The molecule has 3 aromatic heterocycles. The Hall–Kier alpha value is -5.90. The van der Waals surface area contributed by atoms with Crippen LogP contribution in [0.5, 0.6) is 0 Å². The SMILES string of the molecule is O=C(NCc1nc2ccccc2o1)C(=O)C(Cc1ccccc1)NC(=O)c1cccnc1-n1ccc(-c2ccccc2)n1. The maximum atomic E-state index is 13.6. The van der Waals surface area contributed by atoms with Gasteiger partial charge >= 0.3 is 0 Å². The molecule has 0 aliphatic rings. The van der Waals surface area contributed by atoms with Gasteiger partial charge in [0.05, 0.1) is 17.8 Å². The molecule has 0 aliphatic heterocycles. The Labute approximate surface area is 246 Å². The number of hydrogen-bond acceptors (Lipinski definition) is 7. The number of nitrogens with zero attached hydrogens (tertiary/aromatic N) is 4. The van der Waals surface area contributed by atoms with E-state index in [4.69, 9.17) is 4.42 Å². The van der Waals surface area contributed by atoms with Crippen molar-refractivity contribution in [2.45, 2.75) is 19.0 Å². The first-order chi connectivity index (χ1) is 21.0. The van der Waals surface area contributed by atoms with Crippen LogP contribution in [0.2, 0.25) is 0 Å². The maximum Gasteiger partial charge on any atom is 0.290 e. The standard InChI is InChI=1S/C33H26N6O4/c40-30(33(42)35-21-29-36-26-15-7-8-16-28(26)43-29)27(20-22-10-3-1-4-11-22)37-32(41)24-14-9-18-34-31(24)39-19-17-25(38-39)23-12-5-2-6-13-23/h1-19,27H,20-21H2,(H,35,42)(H,37,41). The summed E-state index contributed by atoms with van der Waals surface area (Å²) in [6.07, 6.45) is 3.38. The van der Waals surface area contributed by atoms with Gasteiger partial charge < -0.3 is 15.1 Å². The lowest BCUT2D eigenvalue weighted by molar-refractivity contribution is -0.139. The molecule has 6 rings (SSSR count). The van der Waals surface area contributed by atoms with E-state index < -0.39 is 23.6 Å². The van der Waals surface area contributed by atoms with Crippen molar-refractivity contribution in [2.24, 2.45) is 0 Å².